The highest BCUT2D eigenvalue weighted by Gasteiger charge is 2.04. The van der Waals surface area contributed by atoms with Crippen LogP contribution < -0.4 is 21.3 Å². The topological polar surface area (TPSA) is 65.2 Å². The summed E-state index contributed by atoms with van der Waals surface area (Å²) in [5, 5.41) is 13.1. The van der Waals surface area contributed by atoms with Crippen molar-refractivity contribution in [3.63, 3.8) is 0 Å². The van der Waals surface area contributed by atoms with E-state index in [0.29, 0.717) is 21.7 Å². The molecular weight excluding hydrogens is 391 g/mol. The first-order valence-corrected chi connectivity index (χ1v) is 9.16. The second-order valence-electron chi connectivity index (χ2n) is 5.89. The van der Waals surface area contributed by atoms with Gasteiger partial charge in [-0.15, -0.1) is 0 Å². The Labute approximate surface area is 168 Å². The van der Waals surface area contributed by atoms with Crippen LogP contribution in [0.4, 0.5) is 16.2 Å². The van der Waals surface area contributed by atoms with Crippen molar-refractivity contribution in [3.05, 3.63) is 58.1 Å². The van der Waals surface area contributed by atoms with Gasteiger partial charge in [-0.2, -0.15) is 0 Å². The summed E-state index contributed by atoms with van der Waals surface area (Å²) in [6.45, 7) is 4.36. The molecule has 0 saturated carbocycles. The Hall–Kier alpha value is -2.02. The van der Waals surface area contributed by atoms with Gasteiger partial charge in [0.05, 0.1) is 10.0 Å². The molecule has 2 aromatic carbocycles. The fourth-order valence-electron chi connectivity index (χ4n) is 2.07. The number of nitrogens with one attached hydrogen (secondary N) is 4. The third kappa shape index (κ3) is 6.71. The lowest BCUT2D eigenvalue weighted by molar-refractivity contribution is 0.250. The molecule has 0 saturated heterocycles. The van der Waals surface area contributed by atoms with Gasteiger partial charge in [-0.05, 0) is 62.0 Å². The number of urea groups is 1. The van der Waals surface area contributed by atoms with Gasteiger partial charge in [0.15, 0.2) is 5.11 Å². The van der Waals surface area contributed by atoms with Gasteiger partial charge in [-0.3, -0.25) is 0 Å². The summed E-state index contributed by atoms with van der Waals surface area (Å²) in [5.41, 5.74) is 2.51. The van der Waals surface area contributed by atoms with E-state index in [2.05, 4.69) is 21.3 Å². The molecule has 5 nitrogen and oxygen atoms in total. The van der Waals surface area contributed by atoms with Gasteiger partial charge in [0.2, 0.25) is 0 Å². The number of halogens is 2. The first-order valence-electron chi connectivity index (χ1n) is 8.00. The first-order chi connectivity index (χ1) is 12.3. The molecule has 0 aliphatic heterocycles. The van der Waals surface area contributed by atoms with E-state index in [1.807, 2.05) is 38.1 Å². The second kappa shape index (κ2) is 9.62. The van der Waals surface area contributed by atoms with Crippen molar-refractivity contribution in [1.29, 1.82) is 0 Å². The lowest BCUT2D eigenvalue weighted by atomic mass is 10.2. The number of anilines is 2. The largest absolute Gasteiger partial charge is 0.358 e. The van der Waals surface area contributed by atoms with Gasteiger partial charge in [0.25, 0.3) is 0 Å². The Balaban J connectivity index is 1.82. The lowest BCUT2D eigenvalue weighted by Gasteiger charge is -2.12. The molecule has 2 rings (SSSR count). The summed E-state index contributed by atoms with van der Waals surface area (Å²) in [6.07, 6.45) is 0. The number of hydrogen-bond acceptors (Lipinski definition) is 2. The standard InChI is InChI=1S/C18H20Cl2N4OS/c1-11(2)22-17(25)23-13-5-3-12(4-6-13)10-21-18(26)24-14-7-8-15(19)16(20)9-14/h3-9,11H,10H2,1-2H3,(H2,21,24,26)(H2,22,23,25). The van der Waals surface area contributed by atoms with Crippen LogP contribution in [0, 0.1) is 0 Å². The van der Waals surface area contributed by atoms with Gasteiger partial charge in [0.1, 0.15) is 0 Å². The summed E-state index contributed by atoms with van der Waals surface area (Å²) in [4.78, 5) is 11.7. The third-order valence-electron chi connectivity index (χ3n) is 3.26. The van der Waals surface area contributed by atoms with Crippen LogP contribution in [0.3, 0.4) is 0 Å². The van der Waals surface area contributed by atoms with Crippen LogP contribution >= 0.6 is 35.4 Å². The molecule has 0 aliphatic carbocycles. The van der Waals surface area contributed by atoms with Crippen molar-refractivity contribution < 1.29 is 4.79 Å². The highest BCUT2D eigenvalue weighted by atomic mass is 35.5. The van der Waals surface area contributed by atoms with E-state index in [0.717, 1.165) is 16.9 Å². The average molecular weight is 411 g/mol. The van der Waals surface area contributed by atoms with Crippen molar-refractivity contribution in [2.24, 2.45) is 0 Å². The van der Waals surface area contributed by atoms with Crippen LogP contribution in [0.1, 0.15) is 19.4 Å². The second-order valence-corrected chi connectivity index (χ2v) is 7.11. The Morgan fingerprint density at radius 2 is 1.65 bits per heavy atom. The molecule has 0 fully saturated rings. The van der Waals surface area contributed by atoms with Crippen LogP contribution in [0.25, 0.3) is 0 Å². The van der Waals surface area contributed by atoms with Crippen molar-refractivity contribution >= 4 is 57.9 Å². The Kier molecular flexibility index (Phi) is 7.50. The third-order valence-corrected chi connectivity index (χ3v) is 4.25. The lowest BCUT2D eigenvalue weighted by Crippen LogP contribution is -2.34. The summed E-state index contributed by atoms with van der Waals surface area (Å²) in [5.74, 6) is 0. The minimum absolute atomic E-state index is 0.0857. The number of amides is 2. The smallest absolute Gasteiger partial charge is 0.319 e. The molecule has 0 unspecified atom stereocenters. The number of hydrogen-bond donors (Lipinski definition) is 4. The van der Waals surface area contributed by atoms with Gasteiger partial charge < -0.3 is 21.3 Å². The van der Waals surface area contributed by atoms with Gasteiger partial charge in [-0.1, -0.05) is 35.3 Å². The average Bonchev–Trinajstić information content (AvgIpc) is 2.57. The molecule has 0 spiro atoms. The minimum atomic E-state index is -0.224. The molecule has 0 bridgehead atoms. The van der Waals surface area contributed by atoms with E-state index in [1.54, 1.807) is 18.2 Å². The molecular formula is C18H20Cl2N4OS. The molecule has 2 aromatic rings. The quantitative estimate of drug-likeness (QED) is 0.523. The molecule has 0 aromatic heterocycles. The molecule has 4 N–H and O–H groups in total. The molecule has 26 heavy (non-hydrogen) atoms. The zero-order valence-corrected chi connectivity index (χ0v) is 16.7. The Morgan fingerprint density at radius 3 is 2.27 bits per heavy atom. The van der Waals surface area contributed by atoms with E-state index in [-0.39, 0.29) is 12.1 Å². The Morgan fingerprint density at radius 1 is 1.00 bits per heavy atom. The van der Waals surface area contributed by atoms with E-state index in [4.69, 9.17) is 35.4 Å². The van der Waals surface area contributed by atoms with Gasteiger partial charge >= 0.3 is 6.03 Å². The minimum Gasteiger partial charge on any atom is -0.358 e. The maximum atomic E-state index is 11.7. The van der Waals surface area contributed by atoms with E-state index >= 15 is 0 Å². The van der Waals surface area contributed by atoms with Gasteiger partial charge in [0, 0.05) is 24.0 Å². The predicted octanol–water partition coefficient (Wildman–Crippen LogP) is 5.01. The van der Waals surface area contributed by atoms with Crippen molar-refractivity contribution in [2.45, 2.75) is 26.4 Å². The molecule has 0 atom stereocenters. The molecule has 8 heteroatoms. The monoisotopic (exact) mass is 410 g/mol. The summed E-state index contributed by atoms with van der Waals surface area (Å²) in [6, 6.07) is 12.6. The van der Waals surface area contributed by atoms with Crippen LogP contribution in [0.15, 0.2) is 42.5 Å². The fourth-order valence-corrected chi connectivity index (χ4v) is 2.55. The SMILES string of the molecule is CC(C)NC(=O)Nc1ccc(CNC(=S)Nc2ccc(Cl)c(Cl)c2)cc1. The normalized spacial score (nSPS) is 10.3. The maximum Gasteiger partial charge on any atom is 0.319 e. The van der Waals surface area contributed by atoms with E-state index in [9.17, 15) is 4.79 Å². The number of carbonyl (C=O) groups is 1. The first kappa shape index (κ1) is 20.3. The highest BCUT2D eigenvalue weighted by molar-refractivity contribution is 7.80. The molecule has 138 valence electrons. The summed E-state index contributed by atoms with van der Waals surface area (Å²) in [7, 11) is 0. The molecule has 0 heterocycles. The highest BCUT2D eigenvalue weighted by Crippen LogP contribution is 2.24. The van der Waals surface area contributed by atoms with Crippen LogP contribution in [0.5, 0.6) is 0 Å². The molecule has 2 amide bonds. The van der Waals surface area contributed by atoms with Crippen LogP contribution in [-0.2, 0) is 6.54 Å². The van der Waals surface area contributed by atoms with E-state index < -0.39 is 0 Å². The van der Waals surface area contributed by atoms with Crippen molar-refractivity contribution in [1.82, 2.24) is 10.6 Å². The zero-order chi connectivity index (χ0) is 19.1. The zero-order valence-electron chi connectivity index (χ0n) is 14.4. The molecule has 0 radical (unpaired) electrons. The van der Waals surface area contributed by atoms with E-state index in [1.165, 1.54) is 0 Å². The maximum absolute atomic E-state index is 11.7. The predicted molar refractivity (Wildman–Crippen MR) is 113 cm³/mol. The van der Waals surface area contributed by atoms with Crippen LogP contribution in [0.2, 0.25) is 10.0 Å². The van der Waals surface area contributed by atoms with Gasteiger partial charge in [-0.25, -0.2) is 4.79 Å². The number of benzene rings is 2. The summed E-state index contributed by atoms with van der Waals surface area (Å²) < 4.78 is 0. The van der Waals surface area contributed by atoms with Crippen molar-refractivity contribution in [2.75, 3.05) is 10.6 Å². The Bertz CT molecular complexity index is 781. The fraction of sp³-hybridized carbons (Fsp3) is 0.222. The van der Waals surface area contributed by atoms with Crippen molar-refractivity contribution in [3.8, 4) is 0 Å². The molecule has 0 aliphatic rings. The number of thiocarbonyl (C=S) groups is 1. The number of carbonyl (C=O) groups excluding carboxylic acids is 1. The number of rotatable bonds is 5. The summed E-state index contributed by atoms with van der Waals surface area (Å²) >= 11 is 17.1. The van der Waals surface area contributed by atoms with Crippen LogP contribution in [-0.4, -0.2) is 17.2 Å².